The molecule has 1 aliphatic heterocycles. The van der Waals surface area contributed by atoms with E-state index in [1.165, 1.54) is 17.7 Å². The number of halogens is 1. The van der Waals surface area contributed by atoms with Crippen molar-refractivity contribution in [1.82, 2.24) is 10.6 Å². The smallest absolute Gasteiger partial charge is 0.248 e. The summed E-state index contributed by atoms with van der Waals surface area (Å²) in [5.41, 5.74) is 2.30. The molecule has 0 unspecified atom stereocenters. The molecule has 2 rings (SSSR count). The molecule has 0 bridgehead atoms. The van der Waals surface area contributed by atoms with Crippen LogP contribution in [-0.4, -0.2) is 50.1 Å². The molecule has 146 valence electrons. The zero-order valence-corrected chi connectivity index (χ0v) is 18.9. The van der Waals surface area contributed by atoms with Gasteiger partial charge in [-0.05, 0) is 56.2 Å². The van der Waals surface area contributed by atoms with Crippen molar-refractivity contribution in [3.63, 3.8) is 0 Å². The number of benzene rings is 1. The second kappa shape index (κ2) is 13.2. The molecule has 0 aliphatic carbocycles. The summed E-state index contributed by atoms with van der Waals surface area (Å²) in [5.74, 6) is 1.97. The average Bonchev–Trinajstić information content (AvgIpc) is 2.65. The molecule has 1 aromatic rings. The molecule has 0 saturated carbocycles. The van der Waals surface area contributed by atoms with Crippen LogP contribution in [0.1, 0.15) is 31.7 Å². The van der Waals surface area contributed by atoms with Crippen LogP contribution in [0, 0.1) is 0 Å². The zero-order valence-electron chi connectivity index (χ0n) is 15.8. The van der Waals surface area contributed by atoms with E-state index in [9.17, 15) is 4.79 Å². The predicted molar refractivity (Wildman–Crippen MR) is 124 cm³/mol. The van der Waals surface area contributed by atoms with Crippen LogP contribution in [0.3, 0.4) is 0 Å². The molecule has 1 heterocycles. The summed E-state index contributed by atoms with van der Waals surface area (Å²) in [6, 6.07) is 8.17. The fourth-order valence-corrected chi connectivity index (χ4v) is 3.44. The van der Waals surface area contributed by atoms with E-state index in [0.717, 1.165) is 50.5 Å². The Kier molecular flexibility index (Phi) is 11.8. The Hall–Kier alpha value is -0.960. The van der Waals surface area contributed by atoms with E-state index in [1.54, 1.807) is 0 Å². The minimum Gasteiger partial charge on any atom is -0.357 e. The number of carbonyl (C=O) groups is 1. The highest BCUT2D eigenvalue weighted by molar-refractivity contribution is 14.0. The first-order chi connectivity index (χ1) is 12.3. The Morgan fingerprint density at radius 2 is 2.08 bits per heavy atom. The van der Waals surface area contributed by atoms with Gasteiger partial charge in [0, 0.05) is 25.3 Å². The van der Waals surface area contributed by atoms with E-state index in [0.29, 0.717) is 0 Å². The van der Waals surface area contributed by atoms with Crippen LogP contribution in [0.5, 0.6) is 0 Å². The van der Waals surface area contributed by atoms with Crippen molar-refractivity contribution in [2.75, 3.05) is 43.1 Å². The Bertz CT molecular complexity index is 582. The van der Waals surface area contributed by atoms with Crippen LogP contribution in [0.4, 0.5) is 5.69 Å². The first-order valence-electron chi connectivity index (χ1n) is 9.15. The molecule has 1 aliphatic rings. The van der Waals surface area contributed by atoms with Gasteiger partial charge in [-0.3, -0.25) is 4.79 Å². The van der Waals surface area contributed by atoms with Gasteiger partial charge in [0.2, 0.25) is 5.91 Å². The molecule has 0 atom stereocenters. The fourth-order valence-electron chi connectivity index (χ4n) is 2.94. The van der Waals surface area contributed by atoms with Gasteiger partial charge in [-0.15, -0.1) is 24.0 Å². The molecule has 1 aromatic carbocycles. The predicted octanol–water partition coefficient (Wildman–Crippen LogP) is 3.28. The number of unbranched alkanes of at least 4 members (excludes halogenated alkanes) is 1. The summed E-state index contributed by atoms with van der Waals surface area (Å²) < 4.78 is 0. The number of amides is 1. The van der Waals surface area contributed by atoms with Crippen molar-refractivity contribution < 1.29 is 4.79 Å². The average molecular weight is 490 g/mol. The van der Waals surface area contributed by atoms with Crippen LogP contribution in [0.25, 0.3) is 0 Å². The first-order valence-corrected chi connectivity index (χ1v) is 10.5. The summed E-state index contributed by atoms with van der Waals surface area (Å²) in [6.07, 6.45) is 6.49. The standard InChI is InChI=1S/C19H30N4OS.HI/c1-3-20-19(21-12-6-7-14-25-2)22-15-18(24)23-13-8-10-16-9-4-5-11-17(16)23;/h4-5,9,11H,3,6-8,10,12-15H2,1-2H3,(H2,20,21,22);1H. The lowest BCUT2D eigenvalue weighted by Gasteiger charge is -2.29. The van der Waals surface area contributed by atoms with E-state index in [2.05, 4.69) is 27.9 Å². The van der Waals surface area contributed by atoms with E-state index in [1.807, 2.05) is 41.8 Å². The molecule has 0 fully saturated rings. The number of para-hydroxylation sites is 1. The van der Waals surface area contributed by atoms with Crippen LogP contribution < -0.4 is 15.5 Å². The molecule has 2 N–H and O–H groups in total. The lowest BCUT2D eigenvalue weighted by molar-refractivity contribution is -0.117. The fraction of sp³-hybridized carbons (Fsp3) is 0.579. The number of rotatable bonds is 8. The van der Waals surface area contributed by atoms with Gasteiger partial charge < -0.3 is 15.5 Å². The van der Waals surface area contributed by atoms with Gasteiger partial charge >= 0.3 is 0 Å². The molecule has 1 amide bonds. The van der Waals surface area contributed by atoms with Crippen molar-refractivity contribution >= 4 is 53.3 Å². The van der Waals surface area contributed by atoms with Crippen molar-refractivity contribution in [3.05, 3.63) is 29.8 Å². The van der Waals surface area contributed by atoms with E-state index >= 15 is 0 Å². The van der Waals surface area contributed by atoms with E-state index in [-0.39, 0.29) is 36.4 Å². The molecular formula is C19H31IN4OS. The first kappa shape index (κ1) is 23.1. The summed E-state index contributed by atoms with van der Waals surface area (Å²) in [5, 5.41) is 6.53. The van der Waals surface area contributed by atoms with Crippen LogP contribution in [0.2, 0.25) is 0 Å². The molecule has 26 heavy (non-hydrogen) atoms. The quantitative estimate of drug-likeness (QED) is 0.254. The summed E-state index contributed by atoms with van der Waals surface area (Å²) in [7, 11) is 0. The van der Waals surface area contributed by atoms with Crippen LogP contribution >= 0.6 is 35.7 Å². The van der Waals surface area contributed by atoms with Gasteiger partial charge in [0.15, 0.2) is 5.96 Å². The summed E-state index contributed by atoms with van der Waals surface area (Å²) in [6.45, 7) is 4.66. The highest BCUT2D eigenvalue weighted by Crippen LogP contribution is 2.26. The number of nitrogens with one attached hydrogen (secondary N) is 2. The monoisotopic (exact) mass is 490 g/mol. The topological polar surface area (TPSA) is 56.7 Å². The van der Waals surface area contributed by atoms with E-state index in [4.69, 9.17) is 0 Å². The lowest BCUT2D eigenvalue weighted by atomic mass is 10.0. The molecule has 0 saturated heterocycles. The third kappa shape index (κ3) is 7.34. The van der Waals surface area contributed by atoms with Crippen molar-refractivity contribution in [2.45, 2.75) is 32.6 Å². The van der Waals surface area contributed by atoms with Gasteiger partial charge in [0.1, 0.15) is 6.54 Å². The van der Waals surface area contributed by atoms with Crippen molar-refractivity contribution in [2.24, 2.45) is 4.99 Å². The Balaban J connectivity index is 0.00000338. The molecule has 0 aromatic heterocycles. The van der Waals surface area contributed by atoms with Crippen LogP contribution in [-0.2, 0) is 11.2 Å². The molecular weight excluding hydrogens is 459 g/mol. The third-order valence-electron chi connectivity index (χ3n) is 4.20. The number of hydrogen-bond donors (Lipinski definition) is 2. The van der Waals surface area contributed by atoms with E-state index < -0.39 is 0 Å². The minimum atomic E-state index is 0. The maximum absolute atomic E-state index is 12.6. The zero-order chi connectivity index (χ0) is 17.9. The lowest BCUT2D eigenvalue weighted by Crippen LogP contribution is -2.40. The number of thioether (sulfide) groups is 1. The number of hydrogen-bond acceptors (Lipinski definition) is 3. The van der Waals surface area contributed by atoms with Gasteiger partial charge in [0.25, 0.3) is 0 Å². The molecule has 0 radical (unpaired) electrons. The summed E-state index contributed by atoms with van der Waals surface area (Å²) >= 11 is 1.87. The number of guanidine groups is 1. The summed E-state index contributed by atoms with van der Waals surface area (Å²) in [4.78, 5) is 19.0. The number of aliphatic imine (C=N–C) groups is 1. The number of carbonyl (C=O) groups excluding carboxylic acids is 1. The van der Waals surface area contributed by atoms with Gasteiger partial charge in [-0.1, -0.05) is 18.2 Å². The Morgan fingerprint density at radius 1 is 1.27 bits per heavy atom. The largest absolute Gasteiger partial charge is 0.357 e. The minimum absolute atomic E-state index is 0. The second-order valence-corrected chi connectivity index (χ2v) is 7.09. The molecule has 5 nitrogen and oxygen atoms in total. The van der Waals surface area contributed by atoms with Gasteiger partial charge in [0.05, 0.1) is 0 Å². The van der Waals surface area contributed by atoms with Crippen molar-refractivity contribution in [1.29, 1.82) is 0 Å². The van der Waals surface area contributed by atoms with Crippen LogP contribution in [0.15, 0.2) is 29.3 Å². The number of anilines is 1. The van der Waals surface area contributed by atoms with Gasteiger partial charge in [-0.25, -0.2) is 4.99 Å². The third-order valence-corrected chi connectivity index (χ3v) is 4.89. The maximum Gasteiger partial charge on any atom is 0.248 e. The number of nitrogens with zero attached hydrogens (tertiary/aromatic N) is 2. The number of aryl methyl sites for hydroxylation is 1. The van der Waals surface area contributed by atoms with Gasteiger partial charge in [-0.2, -0.15) is 11.8 Å². The molecule has 7 heteroatoms. The Morgan fingerprint density at radius 3 is 2.85 bits per heavy atom. The maximum atomic E-state index is 12.6. The second-order valence-electron chi connectivity index (χ2n) is 6.10. The highest BCUT2D eigenvalue weighted by atomic mass is 127. The number of fused-ring (bicyclic) bond motifs is 1. The highest BCUT2D eigenvalue weighted by Gasteiger charge is 2.21. The molecule has 0 spiro atoms. The SMILES string of the molecule is CCNC(=NCC(=O)N1CCCc2ccccc21)NCCCCSC.I. The van der Waals surface area contributed by atoms with Crippen molar-refractivity contribution in [3.8, 4) is 0 Å². The normalized spacial score (nSPS) is 13.6. The Labute approximate surface area is 178 Å².